The molecule has 1 aliphatic rings. The second kappa shape index (κ2) is 17.5. The second-order valence-electron chi connectivity index (χ2n) is 10.2. The lowest BCUT2D eigenvalue weighted by atomic mass is 9.94. The Morgan fingerprint density at radius 1 is 0.912 bits per heavy atom. The zero-order chi connectivity index (χ0) is 25.3. The van der Waals surface area contributed by atoms with Gasteiger partial charge in [0.05, 0.1) is 0 Å². The molecule has 1 aliphatic heterocycles. The summed E-state index contributed by atoms with van der Waals surface area (Å²) < 4.78 is 0. The second-order valence-corrected chi connectivity index (χ2v) is 10.2. The van der Waals surface area contributed by atoms with Gasteiger partial charge in [-0.2, -0.15) is 0 Å². The molecular formula is C27H49N3O4. The van der Waals surface area contributed by atoms with Crippen molar-refractivity contribution in [3.8, 4) is 0 Å². The van der Waals surface area contributed by atoms with Gasteiger partial charge in [-0.3, -0.25) is 24.1 Å². The van der Waals surface area contributed by atoms with E-state index in [0.717, 1.165) is 25.7 Å². The van der Waals surface area contributed by atoms with E-state index in [4.69, 9.17) is 5.73 Å². The molecule has 0 aromatic heterocycles. The minimum absolute atomic E-state index is 0.0611. The smallest absolute Gasteiger partial charge is 0.239 e. The minimum atomic E-state index is -0.602. The molecule has 2 unspecified atom stereocenters. The molecule has 2 atom stereocenters. The number of likely N-dealkylation sites (tertiary alicyclic amines) is 1. The van der Waals surface area contributed by atoms with Crippen molar-refractivity contribution in [1.82, 2.24) is 10.2 Å². The highest BCUT2D eigenvalue weighted by Gasteiger charge is 2.39. The fraction of sp³-hybridized carbons (Fsp3) is 0.852. The van der Waals surface area contributed by atoms with E-state index < -0.39 is 11.9 Å². The third-order valence-electron chi connectivity index (χ3n) is 6.89. The van der Waals surface area contributed by atoms with E-state index in [1.165, 1.54) is 49.8 Å². The predicted molar refractivity (Wildman–Crippen MR) is 136 cm³/mol. The Hall–Kier alpha value is -1.92. The molecule has 0 bridgehead atoms. The first-order valence-electron chi connectivity index (χ1n) is 13.7. The van der Waals surface area contributed by atoms with E-state index in [1.54, 1.807) is 0 Å². The number of primary amides is 1. The number of carbonyl (C=O) groups is 4. The molecule has 0 radical (unpaired) electrons. The molecule has 196 valence electrons. The van der Waals surface area contributed by atoms with Crippen molar-refractivity contribution in [2.45, 2.75) is 130 Å². The Morgan fingerprint density at radius 3 is 2.00 bits per heavy atom. The van der Waals surface area contributed by atoms with Crippen LogP contribution in [0.25, 0.3) is 0 Å². The largest absolute Gasteiger partial charge is 0.368 e. The normalized spacial score (nSPS) is 16.9. The van der Waals surface area contributed by atoms with E-state index in [9.17, 15) is 19.2 Å². The molecule has 7 heteroatoms. The number of nitrogens with zero attached hydrogens (tertiary/aromatic N) is 1. The van der Waals surface area contributed by atoms with Gasteiger partial charge >= 0.3 is 0 Å². The van der Waals surface area contributed by atoms with Gasteiger partial charge in [0.1, 0.15) is 6.04 Å². The Bertz CT molecular complexity index is 635. The third kappa shape index (κ3) is 12.0. The molecule has 1 fully saturated rings. The molecule has 0 aromatic carbocycles. The number of hydrogen-bond donors (Lipinski definition) is 2. The standard InChI is InChI=1S/C27H49N3O4/c1-4-5-6-7-8-9-10-11-12-14-17-23(26(28)33)29-24(31)18-15-13-16-19-30-25(32)20-22(21(2)3)27(30)34/h21-23H,4-20H2,1-3H3,(H2,28,33)(H,29,31). The number of unbranched alkanes of at least 4 members (excludes halogenated alkanes) is 11. The van der Waals surface area contributed by atoms with Crippen molar-refractivity contribution in [1.29, 1.82) is 0 Å². The van der Waals surface area contributed by atoms with E-state index in [-0.39, 0.29) is 29.6 Å². The van der Waals surface area contributed by atoms with Crippen molar-refractivity contribution >= 4 is 23.6 Å². The van der Waals surface area contributed by atoms with Crippen LogP contribution in [0.4, 0.5) is 0 Å². The van der Waals surface area contributed by atoms with Crippen LogP contribution >= 0.6 is 0 Å². The maximum Gasteiger partial charge on any atom is 0.239 e. The lowest BCUT2D eigenvalue weighted by molar-refractivity contribution is -0.139. The average molecular weight is 480 g/mol. The van der Waals surface area contributed by atoms with Crippen LogP contribution in [0.3, 0.4) is 0 Å². The molecule has 3 N–H and O–H groups in total. The summed E-state index contributed by atoms with van der Waals surface area (Å²) in [5, 5.41) is 2.78. The minimum Gasteiger partial charge on any atom is -0.368 e. The molecule has 1 rings (SSSR count). The molecule has 0 saturated carbocycles. The molecule has 7 nitrogen and oxygen atoms in total. The molecule has 4 amide bonds. The topological polar surface area (TPSA) is 110 Å². The summed E-state index contributed by atoms with van der Waals surface area (Å²) in [5.41, 5.74) is 5.49. The first-order chi connectivity index (χ1) is 16.3. The summed E-state index contributed by atoms with van der Waals surface area (Å²) >= 11 is 0. The Morgan fingerprint density at radius 2 is 1.47 bits per heavy atom. The van der Waals surface area contributed by atoms with Crippen LogP contribution < -0.4 is 11.1 Å². The quantitative estimate of drug-likeness (QED) is 0.192. The van der Waals surface area contributed by atoms with Gasteiger partial charge in [-0.15, -0.1) is 0 Å². The van der Waals surface area contributed by atoms with Gasteiger partial charge in [-0.25, -0.2) is 0 Å². The van der Waals surface area contributed by atoms with Crippen molar-refractivity contribution in [3.63, 3.8) is 0 Å². The van der Waals surface area contributed by atoms with Crippen LogP contribution in [0.15, 0.2) is 0 Å². The number of hydrogen-bond acceptors (Lipinski definition) is 4. The molecule has 1 heterocycles. The first-order valence-corrected chi connectivity index (χ1v) is 13.7. The zero-order valence-corrected chi connectivity index (χ0v) is 21.9. The highest BCUT2D eigenvalue weighted by Crippen LogP contribution is 2.26. The third-order valence-corrected chi connectivity index (χ3v) is 6.89. The summed E-state index contributed by atoms with van der Waals surface area (Å²) in [6, 6.07) is -0.602. The number of carbonyl (C=O) groups excluding carboxylic acids is 4. The Kier molecular flexibility index (Phi) is 15.5. The van der Waals surface area contributed by atoms with Crippen molar-refractivity contribution in [2.75, 3.05) is 6.54 Å². The van der Waals surface area contributed by atoms with Crippen LogP contribution in [-0.2, 0) is 19.2 Å². The van der Waals surface area contributed by atoms with Crippen LogP contribution in [-0.4, -0.2) is 41.1 Å². The average Bonchev–Trinajstić information content (AvgIpc) is 3.07. The van der Waals surface area contributed by atoms with Crippen molar-refractivity contribution < 1.29 is 19.2 Å². The van der Waals surface area contributed by atoms with Gasteiger partial charge in [0.25, 0.3) is 0 Å². The van der Waals surface area contributed by atoms with Gasteiger partial charge in [-0.05, 0) is 25.2 Å². The summed E-state index contributed by atoms with van der Waals surface area (Å²) in [6.45, 7) is 6.58. The van der Waals surface area contributed by atoms with Gasteiger partial charge in [-0.1, -0.05) is 91.4 Å². The molecular weight excluding hydrogens is 430 g/mol. The molecule has 0 spiro atoms. The van der Waals surface area contributed by atoms with Crippen LogP contribution in [0.2, 0.25) is 0 Å². The predicted octanol–water partition coefficient (Wildman–Crippen LogP) is 4.86. The van der Waals surface area contributed by atoms with Crippen LogP contribution in [0.5, 0.6) is 0 Å². The highest BCUT2D eigenvalue weighted by atomic mass is 16.2. The molecule has 34 heavy (non-hydrogen) atoms. The van der Waals surface area contributed by atoms with E-state index in [1.807, 2.05) is 13.8 Å². The first kappa shape index (κ1) is 30.1. The summed E-state index contributed by atoms with van der Waals surface area (Å²) in [6.07, 6.45) is 15.5. The lowest BCUT2D eigenvalue weighted by Gasteiger charge is -2.17. The van der Waals surface area contributed by atoms with E-state index >= 15 is 0 Å². The van der Waals surface area contributed by atoms with Gasteiger partial charge in [0.15, 0.2) is 0 Å². The maximum atomic E-state index is 12.3. The summed E-state index contributed by atoms with van der Waals surface area (Å²) in [4.78, 5) is 49.7. The van der Waals surface area contributed by atoms with Crippen molar-refractivity contribution in [3.05, 3.63) is 0 Å². The van der Waals surface area contributed by atoms with Crippen molar-refractivity contribution in [2.24, 2.45) is 17.6 Å². The van der Waals surface area contributed by atoms with E-state index in [2.05, 4.69) is 12.2 Å². The zero-order valence-electron chi connectivity index (χ0n) is 21.9. The van der Waals surface area contributed by atoms with Gasteiger partial charge in [0.2, 0.25) is 23.6 Å². The Labute approximate surface area is 207 Å². The molecule has 0 aliphatic carbocycles. The summed E-state index contributed by atoms with van der Waals surface area (Å²) in [7, 11) is 0. The molecule has 0 aromatic rings. The molecule has 1 saturated heterocycles. The van der Waals surface area contributed by atoms with E-state index in [0.29, 0.717) is 38.6 Å². The van der Waals surface area contributed by atoms with Gasteiger partial charge in [0, 0.05) is 25.3 Å². The lowest BCUT2D eigenvalue weighted by Crippen LogP contribution is -2.44. The Balaban J connectivity index is 2.13. The highest BCUT2D eigenvalue weighted by molar-refractivity contribution is 6.03. The fourth-order valence-electron chi connectivity index (χ4n) is 4.58. The monoisotopic (exact) mass is 479 g/mol. The number of imide groups is 1. The maximum absolute atomic E-state index is 12.3. The van der Waals surface area contributed by atoms with Crippen LogP contribution in [0.1, 0.15) is 124 Å². The number of nitrogens with one attached hydrogen (secondary N) is 1. The van der Waals surface area contributed by atoms with Crippen LogP contribution in [0, 0.1) is 11.8 Å². The van der Waals surface area contributed by atoms with Gasteiger partial charge < -0.3 is 11.1 Å². The number of nitrogens with two attached hydrogens (primary N) is 1. The SMILES string of the molecule is CCCCCCCCCCCCC(NC(=O)CCCCCN1C(=O)CC(C(C)C)C1=O)C(N)=O. The fourth-order valence-corrected chi connectivity index (χ4v) is 4.58. The summed E-state index contributed by atoms with van der Waals surface area (Å²) in [5.74, 6) is -0.811. The number of rotatable bonds is 20. The number of amides is 4.